The molecule has 1 saturated heterocycles. The summed E-state index contributed by atoms with van der Waals surface area (Å²) in [5, 5.41) is 10.3. The van der Waals surface area contributed by atoms with E-state index in [-0.39, 0.29) is 18.1 Å². The van der Waals surface area contributed by atoms with Crippen LogP contribution in [0.4, 0.5) is 4.79 Å². The minimum Gasteiger partial charge on any atom is -0.448 e. The third-order valence-corrected chi connectivity index (χ3v) is 6.82. The van der Waals surface area contributed by atoms with Crippen LogP contribution in [-0.4, -0.2) is 41.4 Å². The summed E-state index contributed by atoms with van der Waals surface area (Å²) in [7, 11) is 0. The summed E-state index contributed by atoms with van der Waals surface area (Å²) in [6.07, 6.45) is 4.61. The van der Waals surface area contributed by atoms with Crippen molar-refractivity contribution in [3.8, 4) is 11.1 Å². The van der Waals surface area contributed by atoms with Gasteiger partial charge >= 0.3 is 6.09 Å². The summed E-state index contributed by atoms with van der Waals surface area (Å²) >= 11 is 0. The standard InChI is InChI=1S/C24H27NO3/c26-17-13-16-7-1-6-12-23(16)25(14-17)24(27)28-15-22-20-10-4-2-8-18(20)19-9-3-5-11-21(19)22/h2-5,8-11,16-17,22-23,26H,1,6-7,12-15H2. The summed E-state index contributed by atoms with van der Waals surface area (Å²) in [5.41, 5.74) is 4.93. The average Bonchev–Trinajstić information content (AvgIpc) is 3.05. The van der Waals surface area contributed by atoms with E-state index >= 15 is 0 Å². The molecule has 1 amide bonds. The number of likely N-dealkylation sites (tertiary alicyclic amines) is 1. The number of benzene rings is 2. The molecule has 2 aromatic rings. The highest BCUT2D eigenvalue weighted by Gasteiger charge is 2.40. The molecule has 3 aliphatic rings. The maximum Gasteiger partial charge on any atom is 0.410 e. The van der Waals surface area contributed by atoms with Gasteiger partial charge in [-0.15, -0.1) is 0 Å². The Morgan fingerprint density at radius 3 is 2.36 bits per heavy atom. The molecule has 4 nitrogen and oxygen atoms in total. The number of ether oxygens (including phenoxy) is 1. The largest absolute Gasteiger partial charge is 0.448 e. The highest BCUT2D eigenvalue weighted by atomic mass is 16.6. The third-order valence-electron chi connectivity index (χ3n) is 6.82. The zero-order valence-corrected chi connectivity index (χ0v) is 16.1. The molecule has 1 saturated carbocycles. The van der Waals surface area contributed by atoms with Crippen LogP contribution in [0.15, 0.2) is 48.5 Å². The molecule has 4 heteroatoms. The van der Waals surface area contributed by atoms with Gasteiger partial charge in [-0.1, -0.05) is 61.4 Å². The quantitative estimate of drug-likeness (QED) is 0.835. The van der Waals surface area contributed by atoms with Crippen molar-refractivity contribution in [3.63, 3.8) is 0 Å². The number of piperidine rings is 1. The highest BCUT2D eigenvalue weighted by Crippen LogP contribution is 2.44. The molecule has 1 heterocycles. The van der Waals surface area contributed by atoms with Crippen molar-refractivity contribution in [2.45, 2.75) is 50.2 Å². The van der Waals surface area contributed by atoms with Gasteiger partial charge in [-0.05, 0) is 47.4 Å². The zero-order chi connectivity index (χ0) is 19.1. The molecule has 1 N–H and O–H groups in total. The van der Waals surface area contributed by atoms with Gasteiger partial charge in [-0.2, -0.15) is 0 Å². The van der Waals surface area contributed by atoms with Gasteiger partial charge in [-0.25, -0.2) is 4.79 Å². The Morgan fingerprint density at radius 2 is 1.64 bits per heavy atom. The predicted octanol–water partition coefficient (Wildman–Crippen LogP) is 4.56. The molecule has 2 aliphatic carbocycles. The zero-order valence-electron chi connectivity index (χ0n) is 16.1. The molecule has 0 spiro atoms. The number of rotatable bonds is 2. The maximum atomic E-state index is 13.0. The van der Waals surface area contributed by atoms with Crippen LogP contribution in [0.2, 0.25) is 0 Å². The van der Waals surface area contributed by atoms with Crippen molar-refractivity contribution in [1.29, 1.82) is 0 Å². The molecule has 5 rings (SSSR count). The minimum absolute atomic E-state index is 0.0771. The lowest BCUT2D eigenvalue weighted by Crippen LogP contribution is -2.54. The van der Waals surface area contributed by atoms with Crippen molar-refractivity contribution in [1.82, 2.24) is 4.90 Å². The van der Waals surface area contributed by atoms with E-state index in [1.807, 2.05) is 17.0 Å². The van der Waals surface area contributed by atoms with Crippen LogP contribution in [0.25, 0.3) is 11.1 Å². The van der Waals surface area contributed by atoms with Crippen LogP contribution in [0.5, 0.6) is 0 Å². The average molecular weight is 377 g/mol. The van der Waals surface area contributed by atoms with Gasteiger partial charge in [-0.3, -0.25) is 0 Å². The third kappa shape index (κ3) is 3.00. The van der Waals surface area contributed by atoms with Gasteiger partial charge in [0, 0.05) is 12.0 Å². The lowest BCUT2D eigenvalue weighted by molar-refractivity contribution is -0.0189. The van der Waals surface area contributed by atoms with Crippen molar-refractivity contribution >= 4 is 6.09 Å². The number of β-amino-alcohol motifs (C(OH)–C–C–N with tert-alkyl or cyclic N) is 1. The van der Waals surface area contributed by atoms with Gasteiger partial charge in [0.2, 0.25) is 0 Å². The number of aliphatic hydroxyl groups excluding tert-OH is 1. The summed E-state index contributed by atoms with van der Waals surface area (Å²) in [6, 6.07) is 17.0. The number of nitrogens with zero attached hydrogens (tertiary/aromatic N) is 1. The van der Waals surface area contributed by atoms with Crippen LogP contribution < -0.4 is 0 Å². The van der Waals surface area contributed by atoms with E-state index < -0.39 is 6.10 Å². The molecule has 1 aliphatic heterocycles. The minimum atomic E-state index is -0.431. The Hall–Kier alpha value is -2.33. The Kier molecular flexibility index (Phi) is 4.59. The number of fused-ring (bicyclic) bond motifs is 4. The fraction of sp³-hybridized carbons (Fsp3) is 0.458. The van der Waals surface area contributed by atoms with Gasteiger partial charge < -0.3 is 14.7 Å². The first kappa shape index (κ1) is 17.7. The van der Waals surface area contributed by atoms with E-state index in [1.165, 1.54) is 28.7 Å². The second-order valence-electron chi connectivity index (χ2n) is 8.46. The summed E-state index contributed by atoms with van der Waals surface area (Å²) in [4.78, 5) is 14.8. The Balaban J connectivity index is 1.34. The van der Waals surface area contributed by atoms with Crippen LogP contribution >= 0.6 is 0 Å². The normalized spacial score (nSPS) is 26.3. The molecule has 146 valence electrons. The SMILES string of the molecule is O=C(OCC1c2ccccc2-c2ccccc21)N1CC(O)CC2CCCCC21. The van der Waals surface area contributed by atoms with Gasteiger partial charge in [0.25, 0.3) is 0 Å². The molecular weight excluding hydrogens is 350 g/mol. The summed E-state index contributed by atoms with van der Waals surface area (Å²) in [6.45, 7) is 0.745. The van der Waals surface area contributed by atoms with Crippen molar-refractivity contribution < 1.29 is 14.6 Å². The molecule has 3 atom stereocenters. The Bertz CT molecular complexity index is 834. The summed E-state index contributed by atoms with van der Waals surface area (Å²) < 4.78 is 5.85. The van der Waals surface area contributed by atoms with Crippen LogP contribution in [-0.2, 0) is 4.74 Å². The highest BCUT2D eigenvalue weighted by molar-refractivity contribution is 5.79. The van der Waals surface area contributed by atoms with E-state index in [0.29, 0.717) is 19.1 Å². The summed E-state index contributed by atoms with van der Waals surface area (Å²) in [5.74, 6) is 0.492. The van der Waals surface area contributed by atoms with E-state index in [1.54, 1.807) is 0 Å². The van der Waals surface area contributed by atoms with E-state index in [0.717, 1.165) is 25.7 Å². The number of carbonyl (C=O) groups is 1. The second-order valence-corrected chi connectivity index (χ2v) is 8.46. The molecule has 0 aromatic heterocycles. The Morgan fingerprint density at radius 1 is 1.00 bits per heavy atom. The van der Waals surface area contributed by atoms with Crippen molar-refractivity contribution in [2.24, 2.45) is 5.92 Å². The smallest absolute Gasteiger partial charge is 0.410 e. The van der Waals surface area contributed by atoms with E-state index in [9.17, 15) is 9.90 Å². The lowest BCUT2D eigenvalue weighted by Gasteiger charge is -2.45. The van der Waals surface area contributed by atoms with Crippen LogP contribution in [0.3, 0.4) is 0 Å². The lowest BCUT2D eigenvalue weighted by atomic mass is 9.78. The van der Waals surface area contributed by atoms with Crippen LogP contribution in [0.1, 0.15) is 49.1 Å². The molecule has 3 unspecified atom stereocenters. The predicted molar refractivity (Wildman–Crippen MR) is 108 cm³/mol. The topological polar surface area (TPSA) is 49.8 Å². The van der Waals surface area contributed by atoms with E-state index in [4.69, 9.17) is 4.74 Å². The molecule has 2 aromatic carbocycles. The molecule has 0 bridgehead atoms. The second kappa shape index (κ2) is 7.25. The molecule has 2 fully saturated rings. The number of amides is 1. The van der Waals surface area contributed by atoms with E-state index in [2.05, 4.69) is 36.4 Å². The molecule has 28 heavy (non-hydrogen) atoms. The first-order valence-corrected chi connectivity index (χ1v) is 10.5. The first-order chi connectivity index (χ1) is 13.7. The van der Waals surface area contributed by atoms with Gasteiger partial charge in [0.05, 0.1) is 12.6 Å². The van der Waals surface area contributed by atoms with Gasteiger partial charge in [0.15, 0.2) is 0 Å². The number of aliphatic hydroxyl groups is 1. The molecular formula is C24H27NO3. The monoisotopic (exact) mass is 377 g/mol. The Labute approximate surface area is 166 Å². The molecule has 0 radical (unpaired) electrons. The first-order valence-electron chi connectivity index (χ1n) is 10.5. The van der Waals surface area contributed by atoms with Crippen LogP contribution in [0, 0.1) is 5.92 Å². The number of hydrogen-bond donors (Lipinski definition) is 1. The van der Waals surface area contributed by atoms with Crippen molar-refractivity contribution in [3.05, 3.63) is 59.7 Å². The fourth-order valence-corrected chi connectivity index (χ4v) is 5.55. The fourth-order valence-electron chi connectivity index (χ4n) is 5.55. The van der Waals surface area contributed by atoms with Gasteiger partial charge in [0.1, 0.15) is 6.61 Å². The number of carbonyl (C=O) groups excluding carboxylic acids is 1. The van der Waals surface area contributed by atoms with Crippen molar-refractivity contribution in [2.75, 3.05) is 13.2 Å². The number of hydrogen-bond acceptors (Lipinski definition) is 3. The maximum absolute atomic E-state index is 13.0.